The largest absolute Gasteiger partial charge is 0.170 e. The Morgan fingerprint density at radius 3 is 2.04 bits per heavy atom. The molecule has 0 aromatic heterocycles. The molecule has 164 valence electrons. The molecule has 1 heterocycles. The molecule has 0 amide bonds. The zero-order valence-electron chi connectivity index (χ0n) is 14.7. The van der Waals surface area contributed by atoms with E-state index in [1.807, 2.05) is 35.3 Å². The van der Waals surface area contributed by atoms with Gasteiger partial charge in [-0.15, -0.1) is 69.6 Å². The van der Waals surface area contributed by atoms with Crippen molar-refractivity contribution in [2.24, 2.45) is 0 Å². The topological polar surface area (TPSA) is 0 Å². The Morgan fingerprint density at radius 2 is 1.48 bits per heavy atom. The predicted molar refractivity (Wildman–Crippen MR) is 174 cm³/mol. The normalized spacial score (nSPS) is 26.3. The van der Waals surface area contributed by atoms with Crippen molar-refractivity contribution >= 4 is 166 Å². The molecule has 4 unspecified atom stereocenters. The van der Waals surface area contributed by atoms with Gasteiger partial charge in [-0.05, 0) is 0 Å². The van der Waals surface area contributed by atoms with Crippen LogP contribution in [0.4, 0.5) is 0 Å². The number of hydrogen-bond acceptors (Lipinski definition) is 13. The van der Waals surface area contributed by atoms with Gasteiger partial charge in [0.1, 0.15) is 3.41 Å². The van der Waals surface area contributed by atoms with Crippen molar-refractivity contribution in [3.63, 3.8) is 0 Å². The van der Waals surface area contributed by atoms with Gasteiger partial charge >= 0.3 is 0 Å². The van der Waals surface area contributed by atoms with E-state index in [1.165, 1.54) is 10.8 Å². The van der Waals surface area contributed by atoms with Crippen LogP contribution in [-0.4, -0.2) is 66.8 Å². The molecular formula is C13H28S14. The highest BCUT2D eigenvalue weighted by Crippen LogP contribution is 2.69. The van der Waals surface area contributed by atoms with E-state index in [2.05, 4.69) is 121 Å². The SMILES string of the molecule is SCSCC(SCS)C(CSCS)SCSC1(SCS)CSC[SH]1SCS. The third kappa shape index (κ3) is 11.7. The first kappa shape index (κ1) is 29.9. The van der Waals surface area contributed by atoms with Crippen LogP contribution in [0.1, 0.15) is 0 Å². The van der Waals surface area contributed by atoms with Gasteiger partial charge in [0.05, 0.1) is 0 Å². The maximum Gasteiger partial charge on any atom is 0.109 e. The van der Waals surface area contributed by atoms with Gasteiger partial charge in [0, 0.05) is 63.4 Å². The molecule has 0 aromatic rings. The van der Waals surface area contributed by atoms with Crippen molar-refractivity contribution in [1.29, 1.82) is 0 Å². The van der Waals surface area contributed by atoms with Gasteiger partial charge < -0.3 is 0 Å². The second-order valence-corrected chi connectivity index (χ2v) is 22.8. The monoisotopic (exact) mass is 632 g/mol. The smallest absolute Gasteiger partial charge is 0.109 e. The summed E-state index contributed by atoms with van der Waals surface area (Å²) in [7, 11) is 2.01. The van der Waals surface area contributed by atoms with Gasteiger partial charge in [-0.1, -0.05) is 0 Å². The van der Waals surface area contributed by atoms with E-state index in [4.69, 9.17) is 0 Å². The summed E-state index contributed by atoms with van der Waals surface area (Å²) in [5.41, 5.74) is 0. The average molecular weight is 633 g/mol. The van der Waals surface area contributed by atoms with Crippen LogP contribution in [0.25, 0.3) is 0 Å². The first-order valence-electron chi connectivity index (χ1n) is 7.86. The summed E-state index contributed by atoms with van der Waals surface area (Å²) >= 11 is 36.7. The van der Waals surface area contributed by atoms with Crippen LogP contribution in [0.15, 0.2) is 0 Å². The molecule has 27 heavy (non-hydrogen) atoms. The van der Waals surface area contributed by atoms with Crippen molar-refractivity contribution in [2.75, 3.05) is 52.9 Å². The van der Waals surface area contributed by atoms with E-state index in [0.29, 0.717) is 13.9 Å². The lowest BCUT2D eigenvalue weighted by Crippen LogP contribution is -2.26. The molecule has 1 rings (SSSR count). The van der Waals surface area contributed by atoms with Crippen LogP contribution in [0.5, 0.6) is 0 Å². The first-order chi connectivity index (χ1) is 13.2. The standard InChI is InChI=1S/C13H28S14/c14-4-19-1-11(22-6-16)12(2-20-5-15)23-9-25-13(24-7-17)3-21-10-27(13)26-8-18/h11-12,14-18,27H,1-10H2. The van der Waals surface area contributed by atoms with E-state index >= 15 is 0 Å². The third-order valence-corrected chi connectivity index (χ3v) is 23.7. The third-order valence-electron chi connectivity index (χ3n) is 3.39. The first-order valence-corrected chi connectivity index (χ1v) is 21.7. The molecule has 0 aromatic carbocycles. The lowest BCUT2D eigenvalue weighted by Gasteiger charge is -2.36. The van der Waals surface area contributed by atoms with Crippen LogP contribution in [0.3, 0.4) is 0 Å². The summed E-state index contributed by atoms with van der Waals surface area (Å²) in [5.74, 6) is 3.56. The number of thioether (sulfide) groups is 7. The summed E-state index contributed by atoms with van der Waals surface area (Å²) in [6, 6.07) is 0. The summed E-state index contributed by atoms with van der Waals surface area (Å²) in [6.07, 6.45) is 0. The maximum atomic E-state index is 4.55. The molecule has 1 fully saturated rings. The van der Waals surface area contributed by atoms with Crippen LogP contribution in [-0.2, 0) is 0 Å². The Bertz CT molecular complexity index is 360. The minimum atomic E-state index is -0.0542. The second-order valence-electron chi connectivity index (χ2n) is 4.90. The predicted octanol–water partition coefficient (Wildman–Crippen LogP) is 7.52. The molecule has 1 aliphatic rings. The van der Waals surface area contributed by atoms with Crippen LogP contribution < -0.4 is 0 Å². The molecule has 0 bridgehead atoms. The number of thiol groups is 6. The van der Waals surface area contributed by atoms with Crippen LogP contribution >= 0.6 is 166 Å². The van der Waals surface area contributed by atoms with Crippen molar-refractivity contribution in [3.05, 3.63) is 0 Å². The van der Waals surface area contributed by atoms with Gasteiger partial charge in [0.15, 0.2) is 0 Å². The fourth-order valence-corrected chi connectivity index (χ4v) is 24.9. The Kier molecular flexibility index (Phi) is 21.3. The van der Waals surface area contributed by atoms with E-state index < -0.39 is 0 Å². The molecule has 0 radical (unpaired) electrons. The zero-order chi connectivity index (χ0) is 20.0. The molecule has 0 nitrogen and oxygen atoms in total. The lowest BCUT2D eigenvalue weighted by atomic mass is 10.3. The summed E-state index contributed by atoms with van der Waals surface area (Å²) < 4.78 is 0.343. The second kappa shape index (κ2) is 19.2. The highest BCUT2D eigenvalue weighted by atomic mass is 33.1. The van der Waals surface area contributed by atoms with Crippen molar-refractivity contribution in [1.82, 2.24) is 0 Å². The van der Waals surface area contributed by atoms with Crippen molar-refractivity contribution in [3.8, 4) is 0 Å². The highest BCUT2D eigenvalue weighted by molar-refractivity contribution is 8.91. The number of rotatable bonds is 17. The van der Waals surface area contributed by atoms with Crippen molar-refractivity contribution in [2.45, 2.75) is 13.9 Å². The molecule has 14 heteroatoms. The van der Waals surface area contributed by atoms with Gasteiger partial charge in [0.2, 0.25) is 0 Å². The minimum absolute atomic E-state index is 0.0542. The Labute approximate surface area is 229 Å². The summed E-state index contributed by atoms with van der Waals surface area (Å²) in [5, 5.41) is 8.20. The summed E-state index contributed by atoms with van der Waals surface area (Å²) in [6.45, 7) is 0. The fourth-order valence-electron chi connectivity index (χ4n) is 2.18. The highest BCUT2D eigenvalue weighted by Gasteiger charge is 2.42. The molecule has 0 saturated carbocycles. The Balaban J connectivity index is 2.68. The molecule has 1 aliphatic heterocycles. The van der Waals surface area contributed by atoms with E-state index in [-0.39, 0.29) is 9.93 Å². The Hall–Kier alpha value is 4.90. The molecular weight excluding hydrogens is 605 g/mol. The maximum absolute atomic E-state index is 4.55. The minimum Gasteiger partial charge on any atom is -0.170 e. The molecule has 0 aliphatic carbocycles. The van der Waals surface area contributed by atoms with E-state index in [1.54, 1.807) is 0 Å². The van der Waals surface area contributed by atoms with Crippen LogP contribution in [0, 0.1) is 0 Å². The van der Waals surface area contributed by atoms with E-state index in [0.717, 1.165) is 42.0 Å². The lowest BCUT2D eigenvalue weighted by molar-refractivity contribution is 0.954. The van der Waals surface area contributed by atoms with Gasteiger partial charge in [0.25, 0.3) is 0 Å². The molecule has 4 atom stereocenters. The molecule has 0 N–H and O–H groups in total. The number of hydrogen-bond donors (Lipinski definition) is 6. The quantitative estimate of drug-likeness (QED) is 0.0547. The Morgan fingerprint density at radius 1 is 0.815 bits per heavy atom. The zero-order valence-corrected chi connectivity index (χ0v) is 26.6. The molecule has 1 saturated heterocycles. The van der Waals surface area contributed by atoms with Crippen molar-refractivity contribution < 1.29 is 0 Å². The summed E-state index contributed by atoms with van der Waals surface area (Å²) in [4.78, 5) is 0. The van der Waals surface area contributed by atoms with E-state index in [9.17, 15) is 0 Å². The van der Waals surface area contributed by atoms with Crippen LogP contribution in [0.2, 0.25) is 0 Å². The fraction of sp³-hybridized carbons (Fsp3) is 1.00. The van der Waals surface area contributed by atoms with Gasteiger partial charge in [-0.2, -0.15) is 96.6 Å². The average Bonchev–Trinajstić information content (AvgIpc) is 3.05. The van der Waals surface area contributed by atoms with Gasteiger partial charge in [-0.3, -0.25) is 0 Å². The molecule has 0 spiro atoms. The van der Waals surface area contributed by atoms with Gasteiger partial charge in [-0.25, -0.2) is 0 Å².